The topological polar surface area (TPSA) is 37.3 Å². The van der Waals surface area contributed by atoms with E-state index in [1.54, 1.807) is 12.1 Å². The zero-order valence-corrected chi connectivity index (χ0v) is 19.2. The fourth-order valence-corrected chi connectivity index (χ4v) is 4.86. The summed E-state index contributed by atoms with van der Waals surface area (Å²) in [6.07, 6.45) is 6.79. The van der Waals surface area contributed by atoms with Crippen LogP contribution in [0.15, 0.2) is 42.5 Å². The second-order valence-electron chi connectivity index (χ2n) is 9.39. The second kappa shape index (κ2) is 10.2. The van der Waals surface area contributed by atoms with E-state index in [2.05, 4.69) is 6.92 Å². The average molecular weight is 488 g/mol. The fourth-order valence-electron chi connectivity index (χ4n) is 4.86. The van der Waals surface area contributed by atoms with E-state index in [-0.39, 0.29) is 5.56 Å². The number of carbonyl (C=O) groups is 1. The summed E-state index contributed by atoms with van der Waals surface area (Å²) in [6.45, 7) is 2.27. The first kappa shape index (κ1) is 24.9. The van der Waals surface area contributed by atoms with Crippen LogP contribution in [0.4, 0.5) is 22.0 Å². The van der Waals surface area contributed by atoms with Crippen molar-refractivity contribution in [2.24, 2.45) is 11.8 Å². The molecule has 4 rings (SSSR count). The number of carboxylic acids is 1. The highest BCUT2D eigenvalue weighted by atomic mass is 19.2. The monoisotopic (exact) mass is 488 g/mol. The van der Waals surface area contributed by atoms with E-state index in [0.717, 1.165) is 30.4 Å². The van der Waals surface area contributed by atoms with Gasteiger partial charge in [-0.1, -0.05) is 56.9 Å². The number of halogens is 5. The first-order chi connectivity index (χ1) is 16.7. The highest BCUT2D eigenvalue weighted by Gasteiger charge is 2.26. The maximum atomic E-state index is 15.3. The zero-order chi connectivity index (χ0) is 25.3. The van der Waals surface area contributed by atoms with Crippen LogP contribution in [0.3, 0.4) is 0 Å². The molecule has 1 fully saturated rings. The number of aromatic carboxylic acids is 1. The van der Waals surface area contributed by atoms with Crippen molar-refractivity contribution < 1.29 is 31.9 Å². The number of benzene rings is 3. The Labute approximate surface area is 200 Å². The molecule has 0 atom stereocenters. The molecule has 1 saturated carbocycles. The molecule has 1 aliphatic rings. The summed E-state index contributed by atoms with van der Waals surface area (Å²) in [5.41, 5.74) is -0.945. The number of hydrogen-bond acceptors (Lipinski definition) is 1. The summed E-state index contributed by atoms with van der Waals surface area (Å²) >= 11 is 0. The predicted octanol–water partition coefficient (Wildman–Crippen LogP) is 8.17. The summed E-state index contributed by atoms with van der Waals surface area (Å²) in [6, 6.07) is 8.83. The van der Waals surface area contributed by atoms with Crippen LogP contribution in [0.2, 0.25) is 0 Å². The minimum Gasteiger partial charge on any atom is -0.477 e. The van der Waals surface area contributed by atoms with Gasteiger partial charge in [0.05, 0.1) is 0 Å². The van der Waals surface area contributed by atoms with E-state index < -0.39 is 51.7 Å². The molecule has 0 bridgehead atoms. The molecule has 7 heteroatoms. The number of rotatable bonds is 6. The maximum absolute atomic E-state index is 15.3. The summed E-state index contributed by atoms with van der Waals surface area (Å²) in [4.78, 5) is 11.4. The zero-order valence-electron chi connectivity index (χ0n) is 19.2. The van der Waals surface area contributed by atoms with Crippen molar-refractivity contribution in [2.45, 2.75) is 45.4 Å². The number of carboxylic acid groups (broad SMARTS) is 1. The lowest BCUT2D eigenvalue weighted by Gasteiger charge is -2.26. The van der Waals surface area contributed by atoms with Crippen LogP contribution in [-0.4, -0.2) is 11.1 Å². The summed E-state index contributed by atoms with van der Waals surface area (Å²) in [7, 11) is 0. The van der Waals surface area contributed by atoms with Gasteiger partial charge in [0.1, 0.15) is 17.2 Å². The quantitative estimate of drug-likeness (QED) is 0.281. The Morgan fingerprint density at radius 1 is 0.829 bits per heavy atom. The SMILES string of the molecule is CC1CCC(CCc2ccc(-c3cc(F)c(C(=O)O)c(F)c3-c3cc(F)c(F)c(F)c3)cc2)CC1. The van der Waals surface area contributed by atoms with E-state index in [0.29, 0.717) is 23.6 Å². The summed E-state index contributed by atoms with van der Waals surface area (Å²) in [5.74, 6) is -8.13. The lowest BCUT2D eigenvalue weighted by Crippen LogP contribution is -2.12. The number of aryl methyl sites for hydroxylation is 1. The van der Waals surface area contributed by atoms with Crippen LogP contribution in [0, 0.1) is 40.9 Å². The minimum atomic E-state index is -1.87. The highest BCUT2D eigenvalue weighted by Crippen LogP contribution is 2.39. The van der Waals surface area contributed by atoms with Crippen LogP contribution in [0.1, 0.15) is 54.9 Å². The predicted molar refractivity (Wildman–Crippen MR) is 124 cm³/mol. The van der Waals surface area contributed by atoms with E-state index in [1.807, 2.05) is 12.1 Å². The van der Waals surface area contributed by atoms with Gasteiger partial charge in [-0.05, 0) is 65.1 Å². The molecule has 0 amide bonds. The van der Waals surface area contributed by atoms with Gasteiger partial charge in [-0.2, -0.15) is 0 Å². The van der Waals surface area contributed by atoms with Crippen LogP contribution >= 0.6 is 0 Å². The third-order valence-corrected chi connectivity index (χ3v) is 6.95. The molecular weight excluding hydrogens is 463 g/mol. The smallest absolute Gasteiger partial charge is 0.341 e. The molecule has 0 spiro atoms. The molecule has 3 aromatic rings. The molecule has 1 N–H and O–H groups in total. The third-order valence-electron chi connectivity index (χ3n) is 6.95. The molecule has 0 saturated heterocycles. The Balaban J connectivity index is 1.70. The van der Waals surface area contributed by atoms with Gasteiger partial charge in [0.2, 0.25) is 0 Å². The van der Waals surface area contributed by atoms with Crippen molar-refractivity contribution in [3.8, 4) is 22.3 Å². The first-order valence-corrected chi connectivity index (χ1v) is 11.6. The summed E-state index contributed by atoms with van der Waals surface area (Å²) in [5, 5.41) is 9.26. The molecule has 0 radical (unpaired) electrons. The van der Waals surface area contributed by atoms with Gasteiger partial charge in [-0.15, -0.1) is 0 Å². The molecule has 1 aliphatic carbocycles. The Kier molecular flexibility index (Phi) is 7.24. The number of hydrogen-bond donors (Lipinski definition) is 1. The van der Waals surface area contributed by atoms with Crippen molar-refractivity contribution in [3.05, 3.63) is 82.7 Å². The molecule has 0 unspecified atom stereocenters. The van der Waals surface area contributed by atoms with Crippen LogP contribution < -0.4 is 0 Å². The standard InChI is InChI=1S/C28H25F5O2/c1-15-2-4-16(5-3-15)6-7-17-8-10-18(11-9-17)20-14-21(29)25(28(34)35)27(33)24(20)19-12-22(30)26(32)23(31)13-19/h8-16H,2-7H2,1H3,(H,34,35). The van der Waals surface area contributed by atoms with E-state index in [4.69, 9.17) is 0 Å². The van der Waals surface area contributed by atoms with Gasteiger partial charge < -0.3 is 5.11 Å². The maximum Gasteiger partial charge on any atom is 0.341 e. The summed E-state index contributed by atoms with van der Waals surface area (Å²) < 4.78 is 71.1. The van der Waals surface area contributed by atoms with Crippen molar-refractivity contribution in [3.63, 3.8) is 0 Å². The molecule has 2 nitrogen and oxygen atoms in total. The normalized spacial score (nSPS) is 18.0. The minimum absolute atomic E-state index is 0.0942. The molecule has 0 heterocycles. The van der Waals surface area contributed by atoms with Gasteiger partial charge in [-0.25, -0.2) is 26.7 Å². The van der Waals surface area contributed by atoms with Gasteiger partial charge in [0.15, 0.2) is 17.5 Å². The molecule has 0 aromatic heterocycles. The molecule has 184 valence electrons. The van der Waals surface area contributed by atoms with Gasteiger partial charge in [0.25, 0.3) is 0 Å². The molecule has 35 heavy (non-hydrogen) atoms. The second-order valence-corrected chi connectivity index (χ2v) is 9.39. The largest absolute Gasteiger partial charge is 0.477 e. The van der Waals surface area contributed by atoms with E-state index in [1.165, 1.54) is 25.7 Å². The molecule has 0 aliphatic heterocycles. The lowest BCUT2D eigenvalue weighted by atomic mass is 9.80. The first-order valence-electron chi connectivity index (χ1n) is 11.6. The highest BCUT2D eigenvalue weighted by molar-refractivity contribution is 5.94. The van der Waals surface area contributed by atoms with Crippen molar-refractivity contribution in [1.82, 2.24) is 0 Å². The van der Waals surface area contributed by atoms with E-state index in [9.17, 15) is 27.5 Å². The Hall–Kier alpha value is -3.22. The van der Waals surface area contributed by atoms with Gasteiger partial charge in [0, 0.05) is 5.56 Å². The Bertz CT molecular complexity index is 1220. The Morgan fingerprint density at radius 3 is 2.00 bits per heavy atom. The lowest BCUT2D eigenvalue weighted by molar-refractivity contribution is 0.0686. The van der Waals surface area contributed by atoms with Crippen LogP contribution in [0.25, 0.3) is 22.3 Å². The van der Waals surface area contributed by atoms with Gasteiger partial charge in [-0.3, -0.25) is 0 Å². The van der Waals surface area contributed by atoms with Crippen molar-refractivity contribution in [2.75, 3.05) is 0 Å². The van der Waals surface area contributed by atoms with Crippen molar-refractivity contribution in [1.29, 1.82) is 0 Å². The third kappa shape index (κ3) is 5.24. The van der Waals surface area contributed by atoms with Crippen LogP contribution in [-0.2, 0) is 6.42 Å². The van der Waals surface area contributed by atoms with E-state index >= 15 is 4.39 Å². The van der Waals surface area contributed by atoms with Gasteiger partial charge >= 0.3 is 5.97 Å². The fraction of sp³-hybridized carbons (Fsp3) is 0.321. The Morgan fingerprint density at radius 2 is 1.43 bits per heavy atom. The van der Waals surface area contributed by atoms with Crippen LogP contribution in [0.5, 0.6) is 0 Å². The molecule has 3 aromatic carbocycles. The average Bonchev–Trinajstić information content (AvgIpc) is 2.81. The molecular formula is C28H25F5O2. The van der Waals surface area contributed by atoms with Crippen molar-refractivity contribution >= 4 is 5.97 Å².